The van der Waals surface area contributed by atoms with Crippen molar-refractivity contribution in [2.24, 2.45) is 0 Å². The first-order valence-corrected chi connectivity index (χ1v) is 11.2. The van der Waals surface area contributed by atoms with Gasteiger partial charge in [-0.15, -0.1) is 0 Å². The minimum absolute atomic E-state index is 1.08. The Balaban J connectivity index is 3.60. The zero-order chi connectivity index (χ0) is 19.5. The monoisotopic (exact) mass is 358 g/mol. The summed E-state index contributed by atoms with van der Waals surface area (Å²) in [4.78, 5) is 0. The highest BCUT2D eigenvalue weighted by Crippen LogP contribution is 2.16. The fourth-order valence-corrected chi connectivity index (χ4v) is 3.05. The Kier molecular flexibility index (Phi) is 18.0. The zero-order valence-corrected chi connectivity index (χ0v) is 18.4. The third-order valence-electron chi connectivity index (χ3n) is 4.88. The molecule has 0 nitrogen and oxygen atoms in total. The molecule has 26 heavy (non-hydrogen) atoms. The van der Waals surface area contributed by atoms with Crippen molar-refractivity contribution in [1.29, 1.82) is 0 Å². The quantitative estimate of drug-likeness (QED) is 0.179. The summed E-state index contributed by atoms with van der Waals surface area (Å²) in [7, 11) is 0. The summed E-state index contributed by atoms with van der Waals surface area (Å²) in [6, 6.07) is 0. The standard InChI is InChI=1S/C26H46/c1-6-7-8-9-10-11-14-17-20-25(4)22-23-26(5)21-18-15-12-13-16-19-24(2)3/h12,15,19,23H,4,6-11,13-14,16-18,20-22H2,1-3,5H3/b15-12+,26-23+. The number of rotatable bonds is 17. The van der Waals surface area contributed by atoms with Gasteiger partial charge in [-0.05, 0) is 65.7 Å². The van der Waals surface area contributed by atoms with Crippen LogP contribution in [0.2, 0.25) is 0 Å². The second kappa shape index (κ2) is 18.7. The molecule has 0 unspecified atom stereocenters. The molecule has 0 heterocycles. The summed E-state index contributed by atoms with van der Waals surface area (Å²) in [6.07, 6.45) is 27.5. The number of hydrogen-bond acceptors (Lipinski definition) is 0. The van der Waals surface area contributed by atoms with Gasteiger partial charge in [0.05, 0.1) is 0 Å². The molecule has 0 aromatic heterocycles. The lowest BCUT2D eigenvalue weighted by Crippen LogP contribution is -1.85. The van der Waals surface area contributed by atoms with Gasteiger partial charge in [-0.1, -0.05) is 99.5 Å². The zero-order valence-electron chi connectivity index (χ0n) is 18.4. The molecule has 0 spiro atoms. The largest absolute Gasteiger partial charge is 0.0995 e. The second-order valence-electron chi connectivity index (χ2n) is 8.10. The van der Waals surface area contributed by atoms with Crippen LogP contribution in [0.15, 0.2) is 47.6 Å². The molecule has 0 atom stereocenters. The van der Waals surface area contributed by atoms with Crippen LogP contribution < -0.4 is 0 Å². The molecule has 0 aliphatic heterocycles. The van der Waals surface area contributed by atoms with Crippen LogP contribution >= 0.6 is 0 Å². The van der Waals surface area contributed by atoms with Crippen molar-refractivity contribution in [3.05, 3.63) is 47.6 Å². The molecule has 0 aliphatic carbocycles. The van der Waals surface area contributed by atoms with E-state index in [1.807, 2.05) is 0 Å². The fraction of sp³-hybridized carbons (Fsp3) is 0.692. The van der Waals surface area contributed by atoms with E-state index in [4.69, 9.17) is 0 Å². The predicted octanol–water partition coefficient (Wildman–Crippen LogP) is 9.49. The van der Waals surface area contributed by atoms with E-state index in [1.54, 1.807) is 0 Å². The Morgan fingerprint density at radius 3 is 1.96 bits per heavy atom. The molecule has 0 aromatic carbocycles. The van der Waals surface area contributed by atoms with Gasteiger partial charge in [-0.3, -0.25) is 0 Å². The molecular weight excluding hydrogens is 312 g/mol. The third kappa shape index (κ3) is 19.3. The average Bonchev–Trinajstić information content (AvgIpc) is 2.61. The molecule has 0 aliphatic rings. The van der Waals surface area contributed by atoms with Crippen LogP contribution in [0.3, 0.4) is 0 Å². The molecule has 0 bridgehead atoms. The van der Waals surface area contributed by atoms with Crippen molar-refractivity contribution in [3.63, 3.8) is 0 Å². The maximum absolute atomic E-state index is 4.27. The molecule has 0 fully saturated rings. The summed E-state index contributed by atoms with van der Waals surface area (Å²) in [5, 5.41) is 0. The van der Waals surface area contributed by atoms with Gasteiger partial charge in [-0.25, -0.2) is 0 Å². The number of allylic oxidation sites excluding steroid dienone is 7. The Hall–Kier alpha value is -1.04. The molecule has 150 valence electrons. The molecule has 0 amide bonds. The van der Waals surface area contributed by atoms with Gasteiger partial charge in [0.15, 0.2) is 0 Å². The van der Waals surface area contributed by atoms with E-state index in [-0.39, 0.29) is 0 Å². The number of unbranched alkanes of at least 4 members (excludes halogenated alkanes) is 8. The molecular formula is C26H46. The Bertz CT molecular complexity index is 415. The highest BCUT2D eigenvalue weighted by molar-refractivity contribution is 5.08. The lowest BCUT2D eigenvalue weighted by atomic mass is 10.0. The van der Waals surface area contributed by atoms with Gasteiger partial charge in [-0.2, -0.15) is 0 Å². The topological polar surface area (TPSA) is 0 Å². The van der Waals surface area contributed by atoms with Gasteiger partial charge < -0.3 is 0 Å². The summed E-state index contributed by atoms with van der Waals surface area (Å²) >= 11 is 0. The lowest BCUT2D eigenvalue weighted by Gasteiger charge is -2.05. The first-order valence-electron chi connectivity index (χ1n) is 11.2. The van der Waals surface area contributed by atoms with E-state index >= 15 is 0 Å². The summed E-state index contributed by atoms with van der Waals surface area (Å²) in [6.45, 7) is 13.1. The predicted molar refractivity (Wildman–Crippen MR) is 122 cm³/mol. The second-order valence-corrected chi connectivity index (χ2v) is 8.10. The summed E-state index contributed by atoms with van der Waals surface area (Å²) in [5.74, 6) is 0. The van der Waals surface area contributed by atoms with E-state index in [1.165, 1.54) is 100 Å². The van der Waals surface area contributed by atoms with E-state index in [0.717, 1.165) is 6.42 Å². The summed E-state index contributed by atoms with van der Waals surface area (Å²) in [5.41, 5.74) is 4.34. The first kappa shape index (κ1) is 25.0. The normalized spacial score (nSPS) is 11.9. The van der Waals surface area contributed by atoms with E-state index in [2.05, 4.69) is 58.6 Å². The summed E-state index contributed by atoms with van der Waals surface area (Å²) < 4.78 is 0. The van der Waals surface area contributed by atoms with Crippen LogP contribution in [0.1, 0.15) is 118 Å². The van der Waals surface area contributed by atoms with Crippen molar-refractivity contribution in [2.45, 2.75) is 118 Å². The van der Waals surface area contributed by atoms with Crippen LogP contribution in [0, 0.1) is 0 Å². The van der Waals surface area contributed by atoms with Crippen molar-refractivity contribution in [2.75, 3.05) is 0 Å². The molecule has 0 heteroatoms. The molecule has 0 rings (SSSR count). The Labute approximate surface area is 165 Å². The third-order valence-corrected chi connectivity index (χ3v) is 4.88. The number of hydrogen-bond donors (Lipinski definition) is 0. The first-order chi connectivity index (χ1) is 12.6. The molecule has 0 aromatic rings. The fourth-order valence-electron chi connectivity index (χ4n) is 3.05. The minimum atomic E-state index is 1.08. The minimum Gasteiger partial charge on any atom is -0.0995 e. The smallest absolute Gasteiger partial charge is 0.0139 e. The highest BCUT2D eigenvalue weighted by atomic mass is 14.0. The maximum Gasteiger partial charge on any atom is -0.0139 e. The van der Waals surface area contributed by atoms with E-state index < -0.39 is 0 Å². The van der Waals surface area contributed by atoms with Gasteiger partial charge >= 0.3 is 0 Å². The SMILES string of the molecule is C=C(C/C=C(\C)CC/C=C/CCC=C(C)C)CCCCCCCCCC. The van der Waals surface area contributed by atoms with Crippen LogP contribution in [-0.4, -0.2) is 0 Å². The molecule has 0 radical (unpaired) electrons. The molecule has 0 saturated heterocycles. The van der Waals surface area contributed by atoms with Crippen molar-refractivity contribution in [3.8, 4) is 0 Å². The van der Waals surface area contributed by atoms with Crippen molar-refractivity contribution in [1.82, 2.24) is 0 Å². The maximum atomic E-state index is 4.27. The Morgan fingerprint density at radius 2 is 1.31 bits per heavy atom. The van der Waals surface area contributed by atoms with Gasteiger partial charge in [0, 0.05) is 0 Å². The molecule has 0 N–H and O–H groups in total. The average molecular weight is 359 g/mol. The van der Waals surface area contributed by atoms with Gasteiger partial charge in [0.2, 0.25) is 0 Å². The van der Waals surface area contributed by atoms with Crippen molar-refractivity contribution >= 4 is 0 Å². The van der Waals surface area contributed by atoms with Crippen LogP contribution in [-0.2, 0) is 0 Å². The van der Waals surface area contributed by atoms with E-state index in [9.17, 15) is 0 Å². The van der Waals surface area contributed by atoms with E-state index in [0.29, 0.717) is 0 Å². The van der Waals surface area contributed by atoms with Crippen LogP contribution in [0.25, 0.3) is 0 Å². The van der Waals surface area contributed by atoms with Crippen molar-refractivity contribution < 1.29 is 0 Å². The van der Waals surface area contributed by atoms with Gasteiger partial charge in [0.1, 0.15) is 0 Å². The molecule has 0 saturated carbocycles. The van der Waals surface area contributed by atoms with Crippen LogP contribution in [0.5, 0.6) is 0 Å². The highest BCUT2D eigenvalue weighted by Gasteiger charge is 1.96. The van der Waals surface area contributed by atoms with Gasteiger partial charge in [0.25, 0.3) is 0 Å². The Morgan fingerprint density at radius 1 is 0.692 bits per heavy atom. The van der Waals surface area contributed by atoms with Crippen LogP contribution in [0.4, 0.5) is 0 Å². The lowest BCUT2D eigenvalue weighted by molar-refractivity contribution is 0.574.